The van der Waals surface area contributed by atoms with E-state index in [2.05, 4.69) is 170 Å². The Labute approximate surface area is 894 Å². The second-order valence-corrected chi connectivity index (χ2v) is 51.5. The van der Waals surface area contributed by atoms with Gasteiger partial charge in [0.2, 0.25) is 0 Å². The van der Waals surface area contributed by atoms with Gasteiger partial charge in [-0.05, 0) is 381 Å². The summed E-state index contributed by atoms with van der Waals surface area (Å²) in [5, 5.41) is 8.52. The van der Waals surface area contributed by atoms with Crippen molar-refractivity contribution in [3.05, 3.63) is 237 Å². The summed E-state index contributed by atoms with van der Waals surface area (Å²) in [4.78, 5) is 31.0. The maximum atomic E-state index is 15.5. The van der Waals surface area contributed by atoms with E-state index in [-0.39, 0.29) is 23.1 Å². The van der Waals surface area contributed by atoms with E-state index < -0.39 is 15.6 Å². The van der Waals surface area contributed by atoms with Crippen LogP contribution >= 0.6 is 15.6 Å². The zero-order chi connectivity index (χ0) is 97.8. The molecule has 12 aromatic rings. The number of fused-ring (bicyclic) bond motifs is 14. The Bertz CT molecular complexity index is 5900. The van der Waals surface area contributed by atoms with Crippen LogP contribution in [0.1, 0.15) is 523 Å². The number of phosphoric acid groups is 2. The molecule has 2 heterocycles. The number of hydrogen-bond acceptors (Lipinski definition) is 8. The summed E-state index contributed by atoms with van der Waals surface area (Å²) in [7, 11) is -10.1. The van der Waals surface area contributed by atoms with Gasteiger partial charge >= 0.3 is 38.7 Å². The van der Waals surface area contributed by atoms with Crippen LogP contribution in [-0.2, 0) is 9.13 Å². The van der Waals surface area contributed by atoms with Gasteiger partial charge in [0, 0.05) is 44.5 Å². The second kappa shape index (κ2) is 45.0. The molecule has 0 N–H and O–H groups in total. The predicted octanol–water partition coefficient (Wildman–Crippen LogP) is 40.7. The molecule has 2 aliphatic heterocycles. The van der Waals surface area contributed by atoms with Crippen molar-refractivity contribution in [1.82, 2.24) is 0 Å². The topological polar surface area (TPSA) is 117 Å². The zero-order valence-corrected chi connectivity index (χ0v) is 91.6. The summed E-state index contributed by atoms with van der Waals surface area (Å²) >= 11 is 0. The SMILES string of the molecule is O=P1([O-])Oc2c(-c3c(C4CCCCC4)cc(C4CCCCC4)cc3C3CCCCC3)cc3ccccc3c2-c2c(c(-c3c(C4CCCCC4)cc(C4CCCCC4)cc3C3CCCCC3)cc3ccccc23)O1.O=P1([O-])Oc2c(-c3c(C4CCCCC4)cc(C4CCCCC4)cc3C3CCCCC3)cc3ccccc3c2-c2c(c(-c3c(C4CCCCC4)cc(C4CCCCC4)cc3C3CCCCC3)cc3ccccc23)O1.[Mg+2]. The quantitative estimate of drug-likeness (QED) is 0.0694. The first-order chi connectivity index (χ1) is 71.9. The number of benzene rings is 12. The van der Waals surface area contributed by atoms with Crippen molar-refractivity contribution in [2.24, 2.45) is 0 Å². The van der Waals surface area contributed by atoms with Crippen LogP contribution in [0.4, 0.5) is 0 Å². The molecule has 26 rings (SSSR count). The number of rotatable bonds is 16. The van der Waals surface area contributed by atoms with Crippen LogP contribution in [-0.4, -0.2) is 23.1 Å². The van der Waals surface area contributed by atoms with Gasteiger partial charge in [-0.3, -0.25) is 0 Å². The molecule has 0 radical (unpaired) electrons. The first-order valence-corrected chi connectivity index (χ1v) is 63.2. The van der Waals surface area contributed by atoms with Crippen LogP contribution in [0.25, 0.3) is 110 Å². The molecule has 12 aromatic carbocycles. The van der Waals surface area contributed by atoms with Gasteiger partial charge in [0.15, 0.2) is 0 Å². The van der Waals surface area contributed by atoms with Crippen molar-refractivity contribution in [2.45, 2.75) is 456 Å². The van der Waals surface area contributed by atoms with Crippen molar-refractivity contribution in [3.8, 4) is 89.8 Å². The average Bonchev–Trinajstić information content (AvgIpc) is 1.60. The summed E-state index contributed by atoms with van der Waals surface area (Å²) in [5.74, 6) is 7.55. The molecule has 12 aliphatic carbocycles. The van der Waals surface area contributed by atoms with E-state index in [1.165, 1.54) is 474 Å². The first kappa shape index (κ1) is 101. The van der Waals surface area contributed by atoms with Gasteiger partial charge < -0.3 is 27.9 Å². The van der Waals surface area contributed by atoms with E-state index in [9.17, 15) is 0 Å². The molecule has 12 saturated carbocycles. The summed E-state index contributed by atoms with van der Waals surface area (Å²) in [6.45, 7) is 0. The van der Waals surface area contributed by atoms with Crippen molar-refractivity contribution in [3.63, 3.8) is 0 Å². The number of hydrogen-bond donors (Lipinski definition) is 0. The third-order valence-electron chi connectivity index (χ3n) is 39.9. The summed E-state index contributed by atoms with van der Waals surface area (Å²) in [6.07, 6.45) is 74.8. The normalized spacial score (nSPS) is 21.9. The third-order valence-corrected chi connectivity index (χ3v) is 41.6. The molecule has 147 heavy (non-hydrogen) atoms. The van der Waals surface area contributed by atoms with Crippen LogP contribution in [0.5, 0.6) is 23.0 Å². The Morgan fingerprint density at radius 2 is 0.313 bits per heavy atom. The van der Waals surface area contributed by atoms with Crippen molar-refractivity contribution in [2.75, 3.05) is 0 Å². The molecule has 8 nitrogen and oxygen atoms in total. The fourth-order valence-electron chi connectivity index (χ4n) is 32.6. The molecule has 0 aromatic heterocycles. The van der Waals surface area contributed by atoms with Crippen LogP contribution in [0, 0.1) is 0 Å². The third kappa shape index (κ3) is 20.6. The Hall–Kier alpha value is -7.97. The molecule has 0 bridgehead atoms. The molecular weight excluding hydrogens is 1850 g/mol. The van der Waals surface area contributed by atoms with E-state index in [1.807, 2.05) is 0 Å². The molecule has 0 saturated heterocycles. The fourth-order valence-corrected chi connectivity index (χ4v) is 34.3. The summed E-state index contributed by atoms with van der Waals surface area (Å²) in [5.41, 5.74) is 30.0. The maximum Gasteiger partial charge on any atom is 2.00 e. The molecule has 0 unspecified atom stereocenters. The van der Waals surface area contributed by atoms with Gasteiger partial charge in [-0.1, -0.05) is 377 Å². The van der Waals surface area contributed by atoms with Gasteiger partial charge in [0.1, 0.15) is 23.0 Å². The van der Waals surface area contributed by atoms with E-state index >= 15 is 18.9 Å². The molecule has 0 amide bonds. The smallest absolute Gasteiger partial charge is 0.736 e. The van der Waals surface area contributed by atoms with Crippen LogP contribution in [0.2, 0.25) is 0 Å². The monoisotopic (exact) mass is 2010 g/mol. The minimum Gasteiger partial charge on any atom is -0.736 e. The first-order valence-electron chi connectivity index (χ1n) is 60.3. The summed E-state index contributed by atoms with van der Waals surface area (Å²) < 4.78 is 58.4. The van der Waals surface area contributed by atoms with E-state index in [0.29, 0.717) is 94.0 Å². The Kier molecular flexibility index (Phi) is 30.9. The van der Waals surface area contributed by atoms with E-state index in [0.717, 1.165) is 87.6 Å². The zero-order valence-electron chi connectivity index (χ0n) is 88.4. The van der Waals surface area contributed by atoms with Gasteiger partial charge in [0.05, 0.1) is 0 Å². The van der Waals surface area contributed by atoms with E-state index in [4.69, 9.17) is 18.1 Å². The molecule has 12 fully saturated rings. The van der Waals surface area contributed by atoms with E-state index in [1.54, 1.807) is 0 Å². The van der Waals surface area contributed by atoms with Crippen LogP contribution < -0.4 is 27.9 Å². The Morgan fingerprint density at radius 1 is 0.177 bits per heavy atom. The molecular formula is C136H160MgO8P2. The minimum atomic E-state index is -5.05. The summed E-state index contributed by atoms with van der Waals surface area (Å²) in [6, 6.07) is 65.4. The largest absolute Gasteiger partial charge is 2.00 e. The van der Waals surface area contributed by atoms with Crippen LogP contribution in [0.3, 0.4) is 0 Å². The van der Waals surface area contributed by atoms with Crippen molar-refractivity contribution >= 4 is 81.8 Å². The molecule has 11 heteroatoms. The molecule has 764 valence electrons. The molecule has 14 aliphatic rings. The average molecular weight is 2010 g/mol. The maximum absolute atomic E-state index is 15.5. The van der Waals surface area contributed by atoms with Gasteiger partial charge in [-0.25, -0.2) is 9.13 Å². The number of phosphoric ester groups is 2. The molecule has 0 atom stereocenters. The van der Waals surface area contributed by atoms with Crippen molar-refractivity contribution in [1.29, 1.82) is 0 Å². The Balaban J connectivity index is 0.000000156. The second-order valence-electron chi connectivity index (χ2n) is 49.0. The van der Waals surface area contributed by atoms with Gasteiger partial charge in [-0.2, -0.15) is 0 Å². The fraction of sp³-hybridized carbons (Fsp3) is 0.529. The van der Waals surface area contributed by atoms with Crippen molar-refractivity contribution < 1.29 is 37.0 Å². The minimum absolute atomic E-state index is 0. The standard InChI is InChI=1S/2C68H81O4P.Mg/c2*69-73(70)71-67-61(63-57(47-27-11-3-12-28-47)41-53(45-23-7-1-8-24-45)42-58(63)48-29-13-4-14-30-48)39-51-35-19-21-37-55(51)65(67)66-56-38-22-20-36-52(56)40-62(68(66)72-73)64-59(49-31-15-5-16-32-49)43-54(46-25-9-2-10-26-46)44-60(64)50-33-17-6-18-34-50;/h2*19-22,35-50H,1-18,23-34H2,(H,69,70);/q;;+2/p-2. The predicted molar refractivity (Wildman–Crippen MR) is 609 cm³/mol. The van der Waals surface area contributed by atoms with Gasteiger partial charge in [-0.15, -0.1) is 0 Å². The van der Waals surface area contributed by atoms with Crippen LogP contribution in [0.15, 0.2) is 170 Å². The van der Waals surface area contributed by atoms with Gasteiger partial charge in [0.25, 0.3) is 0 Å². The Morgan fingerprint density at radius 3 is 0.463 bits per heavy atom. The molecule has 0 spiro atoms.